The van der Waals surface area contributed by atoms with Gasteiger partial charge in [0.05, 0.1) is 7.11 Å². The Kier molecular flexibility index (Phi) is 7.10. The quantitative estimate of drug-likeness (QED) is 0.446. The normalized spacial score (nSPS) is 13.4. The Morgan fingerprint density at radius 3 is 1.97 bits per heavy atom. The number of carbonyl (C=O) groups excluding carboxylic acids is 2. The highest BCUT2D eigenvalue weighted by atomic mass is 16.6. The fourth-order valence-corrected chi connectivity index (χ4v) is 4.35. The molecule has 0 saturated carbocycles. The molecule has 1 atom stereocenters. The number of amides is 1. The number of fused-ring (bicyclic) bond motifs is 3. The van der Waals surface area contributed by atoms with Crippen molar-refractivity contribution in [3.8, 4) is 16.9 Å². The van der Waals surface area contributed by atoms with Crippen molar-refractivity contribution in [3.05, 3.63) is 89.5 Å². The second kappa shape index (κ2) is 10.2. The van der Waals surface area contributed by atoms with Crippen molar-refractivity contribution in [1.29, 1.82) is 0 Å². The zero-order valence-corrected chi connectivity index (χ0v) is 20.5. The SMILES string of the molecule is COc1ccc(COC(=O)[C@@H](NC(=O)OCC2c3ccccc3-c3ccccc32)C(C)(C)C)cc1. The third-order valence-electron chi connectivity index (χ3n) is 6.25. The van der Waals surface area contributed by atoms with E-state index in [1.54, 1.807) is 19.2 Å². The van der Waals surface area contributed by atoms with Crippen LogP contribution in [0.3, 0.4) is 0 Å². The van der Waals surface area contributed by atoms with Gasteiger partial charge in [0.15, 0.2) is 0 Å². The van der Waals surface area contributed by atoms with Crippen LogP contribution in [-0.2, 0) is 20.9 Å². The van der Waals surface area contributed by atoms with Gasteiger partial charge in [-0.3, -0.25) is 0 Å². The minimum absolute atomic E-state index is 0.0525. The smallest absolute Gasteiger partial charge is 0.407 e. The molecule has 1 aliphatic rings. The predicted molar refractivity (Wildman–Crippen MR) is 134 cm³/mol. The fraction of sp³-hybridized carbons (Fsp3) is 0.310. The zero-order chi connectivity index (χ0) is 25.0. The van der Waals surface area contributed by atoms with Gasteiger partial charge >= 0.3 is 12.1 Å². The van der Waals surface area contributed by atoms with Crippen molar-refractivity contribution >= 4 is 12.1 Å². The Labute approximate surface area is 206 Å². The van der Waals surface area contributed by atoms with Crippen molar-refractivity contribution < 1.29 is 23.8 Å². The topological polar surface area (TPSA) is 73.9 Å². The van der Waals surface area contributed by atoms with Crippen LogP contribution in [0, 0.1) is 5.41 Å². The van der Waals surface area contributed by atoms with Gasteiger partial charge in [-0.25, -0.2) is 9.59 Å². The summed E-state index contributed by atoms with van der Waals surface area (Å²) in [5, 5.41) is 2.73. The Bertz CT molecular complexity index is 1150. The molecule has 6 nitrogen and oxygen atoms in total. The number of hydrogen-bond acceptors (Lipinski definition) is 5. The molecule has 0 bridgehead atoms. The summed E-state index contributed by atoms with van der Waals surface area (Å²) >= 11 is 0. The first-order valence-electron chi connectivity index (χ1n) is 11.7. The lowest BCUT2D eigenvalue weighted by Gasteiger charge is -2.29. The van der Waals surface area contributed by atoms with Gasteiger partial charge in [-0.05, 0) is 45.4 Å². The van der Waals surface area contributed by atoms with Crippen LogP contribution >= 0.6 is 0 Å². The zero-order valence-electron chi connectivity index (χ0n) is 20.5. The van der Waals surface area contributed by atoms with E-state index in [1.807, 2.05) is 57.2 Å². The number of nitrogens with one attached hydrogen (secondary N) is 1. The summed E-state index contributed by atoms with van der Waals surface area (Å²) in [5.41, 5.74) is 4.84. The van der Waals surface area contributed by atoms with Gasteiger partial charge in [0.1, 0.15) is 25.0 Å². The number of benzene rings is 3. The van der Waals surface area contributed by atoms with Gasteiger partial charge in [0, 0.05) is 5.92 Å². The highest BCUT2D eigenvalue weighted by molar-refractivity contribution is 5.82. The van der Waals surface area contributed by atoms with Crippen LogP contribution in [0.25, 0.3) is 11.1 Å². The molecule has 3 aromatic carbocycles. The predicted octanol–water partition coefficient (Wildman–Crippen LogP) is 5.69. The highest BCUT2D eigenvalue weighted by Crippen LogP contribution is 2.44. The summed E-state index contributed by atoms with van der Waals surface area (Å²) < 4.78 is 16.3. The summed E-state index contributed by atoms with van der Waals surface area (Å²) in [6.45, 7) is 5.89. The lowest BCUT2D eigenvalue weighted by molar-refractivity contribution is -0.150. The van der Waals surface area contributed by atoms with E-state index in [4.69, 9.17) is 14.2 Å². The van der Waals surface area contributed by atoms with Gasteiger partial charge in [-0.15, -0.1) is 0 Å². The van der Waals surface area contributed by atoms with Gasteiger partial charge in [0.2, 0.25) is 0 Å². The molecule has 0 unspecified atom stereocenters. The third kappa shape index (κ3) is 5.48. The van der Waals surface area contributed by atoms with E-state index >= 15 is 0 Å². The van der Waals surface area contributed by atoms with Crippen LogP contribution in [0.5, 0.6) is 5.75 Å². The summed E-state index contributed by atoms with van der Waals surface area (Å²) in [5.74, 6) is 0.162. The second-order valence-corrected chi connectivity index (χ2v) is 9.72. The van der Waals surface area contributed by atoms with Crippen LogP contribution in [0.2, 0.25) is 0 Å². The molecule has 1 aliphatic carbocycles. The van der Waals surface area contributed by atoms with Gasteiger partial charge in [0.25, 0.3) is 0 Å². The number of hydrogen-bond donors (Lipinski definition) is 1. The first-order valence-corrected chi connectivity index (χ1v) is 11.7. The third-order valence-corrected chi connectivity index (χ3v) is 6.25. The molecular formula is C29H31NO5. The minimum atomic E-state index is -0.864. The van der Waals surface area contributed by atoms with Crippen LogP contribution in [0.1, 0.15) is 43.4 Å². The van der Waals surface area contributed by atoms with E-state index in [0.717, 1.165) is 33.6 Å². The number of ether oxygens (including phenoxy) is 3. The minimum Gasteiger partial charge on any atom is -0.497 e. The summed E-state index contributed by atoms with van der Waals surface area (Å²) in [6, 6.07) is 22.7. The van der Waals surface area contributed by atoms with Crippen LogP contribution in [0.4, 0.5) is 4.79 Å². The van der Waals surface area contributed by atoms with Crippen molar-refractivity contribution in [3.63, 3.8) is 0 Å². The highest BCUT2D eigenvalue weighted by Gasteiger charge is 2.35. The number of methoxy groups -OCH3 is 1. The summed E-state index contributed by atoms with van der Waals surface area (Å²) in [4.78, 5) is 25.7. The molecule has 0 aliphatic heterocycles. The van der Waals surface area contributed by atoms with Crippen LogP contribution in [-0.4, -0.2) is 31.8 Å². The Hall–Kier alpha value is -3.80. The molecule has 1 amide bonds. The molecular weight excluding hydrogens is 442 g/mol. The van der Waals surface area contributed by atoms with Crippen LogP contribution in [0.15, 0.2) is 72.8 Å². The lowest BCUT2D eigenvalue weighted by Crippen LogP contribution is -2.50. The number of esters is 1. The molecule has 6 heteroatoms. The molecule has 0 fully saturated rings. The van der Waals surface area contributed by atoms with E-state index in [2.05, 4.69) is 29.6 Å². The molecule has 4 rings (SSSR count). The van der Waals surface area contributed by atoms with E-state index in [-0.39, 0.29) is 19.1 Å². The van der Waals surface area contributed by atoms with Crippen molar-refractivity contribution in [2.24, 2.45) is 5.41 Å². The molecule has 35 heavy (non-hydrogen) atoms. The van der Waals surface area contributed by atoms with Crippen molar-refractivity contribution in [1.82, 2.24) is 5.32 Å². The van der Waals surface area contributed by atoms with Crippen LogP contribution < -0.4 is 10.1 Å². The van der Waals surface area contributed by atoms with E-state index in [1.165, 1.54) is 0 Å². The first-order chi connectivity index (χ1) is 16.8. The molecule has 0 aromatic heterocycles. The standard InChI is InChI=1S/C29H31NO5/c1-29(2,3)26(27(31)34-17-19-13-15-20(33-4)16-14-19)30-28(32)35-18-25-23-11-7-5-9-21(23)22-10-6-8-12-24(22)25/h5-16,25-26H,17-18H2,1-4H3,(H,30,32)/t26-/m1/s1. The molecule has 0 saturated heterocycles. The maximum atomic E-state index is 12.9. The first kappa shape index (κ1) is 24.3. The lowest BCUT2D eigenvalue weighted by atomic mass is 9.87. The van der Waals surface area contributed by atoms with Crippen molar-refractivity contribution in [2.45, 2.75) is 39.3 Å². The number of carbonyl (C=O) groups is 2. The second-order valence-electron chi connectivity index (χ2n) is 9.72. The van der Waals surface area contributed by atoms with Crippen molar-refractivity contribution in [2.75, 3.05) is 13.7 Å². The summed E-state index contributed by atoms with van der Waals surface area (Å²) in [6.07, 6.45) is -0.645. The summed E-state index contributed by atoms with van der Waals surface area (Å²) in [7, 11) is 1.60. The molecule has 0 spiro atoms. The number of rotatable bonds is 7. The average molecular weight is 474 g/mol. The van der Waals surface area contributed by atoms with E-state index in [9.17, 15) is 9.59 Å². The monoisotopic (exact) mass is 473 g/mol. The fourth-order valence-electron chi connectivity index (χ4n) is 4.35. The van der Waals surface area contributed by atoms with E-state index < -0.39 is 23.5 Å². The molecule has 0 heterocycles. The molecule has 0 radical (unpaired) electrons. The van der Waals surface area contributed by atoms with Gasteiger partial charge < -0.3 is 19.5 Å². The molecule has 182 valence electrons. The van der Waals surface area contributed by atoms with Gasteiger partial charge in [-0.1, -0.05) is 81.4 Å². The van der Waals surface area contributed by atoms with E-state index in [0.29, 0.717) is 0 Å². The Morgan fingerprint density at radius 1 is 0.857 bits per heavy atom. The Morgan fingerprint density at radius 2 is 1.43 bits per heavy atom. The molecule has 1 N–H and O–H groups in total. The number of alkyl carbamates (subject to hydrolysis) is 1. The largest absolute Gasteiger partial charge is 0.497 e. The Balaban J connectivity index is 1.39. The molecule has 3 aromatic rings. The average Bonchev–Trinajstić information content (AvgIpc) is 3.18. The maximum absolute atomic E-state index is 12.9. The maximum Gasteiger partial charge on any atom is 0.407 e. The van der Waals surface area contributed by atoms with Gasteiger partial charge in [-0.2, -0.15) is 0 Å².